The van der Waals surface area contributed by atoms with Crippen LogP contribution in [0.15, 0.2) is 60.0 Å². The lowest BCUT2D eigenvalue weighted by Crippen LogP contribution is -2.56. The summed E-state index contributed by atoms with van der Waals surface area (Å²) in [7, 11) is -4.42. The van der Waals surface area contributed by atoms with Gasteiger partial charge < -0.3 is 30.0 Å². The summed E-state index contributed by atoms with van der Waals surface area (Å²) in [5.41, 5.74) is 1.61. The third kappa shape index (κ3) is 6.60. The lowest BCUT2D eigenvalue weighted by atomic mass is 10.0. The number of hydrogen-bond acceptors (Lipinski definition) is 6. The molecule has 3 amide bonds. The van der Waals surface area contributed by atoms with E-state index in [1.165, 1.54) is 45.4 Å². The number of carbonyl (C=O) groups is 3. The topological polar surface area (TPSA) is 160 Å². The van der Waals surface area contributed by atoms with Crippen molar-refractivity contribution >= 4 is 42.1 Å². The Labute approximate surface area is 216 Å². The minimum Gasteiger partial charge on any atom is -0.465 e. The maximum atomic E-state index is 13.4. The lowest BCUT2D eigenvalue weighted by molar-refractivity contribution is -0.134. The van der Waals surface area contributed by atoms with E-state index in [0.29, 0.717) is 10.6 Å². The molecule has 11 nitrogen and oxygen atoms in total. The van der Waals surface area contributed by atoms with E-state index >= 15 is 0 Å². The van der Waals surface area contributed by atoms with Gasteiger partial charge in [-0.3, -0.25) is 14.2 Å². The van der Waals surface area contributed by atoms with Gasteiger partial charge in [-0.2, -0.15) is 0 Å². The van der Waals surface area contributed by atoms with Gasteiger partial charge in [-0.1, -0.05) is 42.5 Å². The smallest absolute Gasteiger partial charge is 0.407 e. The van der Waals surface area contributed by atoms with Crippen molar-refractivity contribution in [1.29, 1.82) is 0 Å². The fourth-order valence-corrected chi connectivity index (χ4v) is 5.27. The summed E-state index contributed by atoms with van der Waals surface area (Å²) in [5, 5.41) is 14.1. The fourth-order valence-electron chi connectivity index (χ4n) is 3.92. The first-order chi connectivity index (χ1) is 17.6. The normalized spacial score (nSPS) is 14.8. The van der Waals surface area contributed by atoms with Gasteiger partial charge in [0.25, 0.3) is 5.91 Å². The van der Waals surface area contributed by atoms with Crippen molar-refractivity contribution in [2.24, 2.45) is 0 Å². The molecule has 2 heterocycles. The van der Waals surface area contributed by atoms with E-state index in [9.17, 15) is 33.8 Å². The Morgan fingerprint density at radius 3 is 2.19 bits per heavy atom. The Balaban J connectivity index is 1.52. The number of carbonyl (C=O) groups excluding carboxylic acids is 2. The molecule has 1 aliphatic heterocycles. The third-order valence-corrected chi connectivity index (χ3v) is 7.80. The van der Waals surface area contributed by atoms with Gasteiger partial charge in [-0.15, -0.1) is 11.3 Å². The van der Waals surface area contributed by atoms with E-state index in [1.807, 2.05) is 30.3 Å². The molecular formula is C24H25N4O7PS. The first kappa shape index (κ1) is 26.5. The molecule has 4 N–H and O–H groups in total. The maximum Gasteiger partial charge on any atom is 0.407 e. The average Bonchev–Trinajstić information content (AvgIpc) is 3.39. The van der Waals surface area contributed by atoms with Crippen molar-refractivity contribution in [3.63, 3.8) is 0 Å². The van der Waals surface area contributed by atoms with Crippen LogP contribution in [0.5, 0.6) is 0 Å². The van der Waals surface area contributed by atoms with Crippen molar-refractivity contribution in [3.8, 4) is 10.6 Å². The number of nitrogens with zero attached hydrogens (tertiary/aromatic N) is 3. The number of nitrogens with one attached hydrogen (secondary N) is 1. The summed E-state index contributed by atoms with van der Waals surface area (Å²) >= 11 is 1.30. The Morgan fingerprint density at radius 1 is 0.973 bits per heavy atom. The molecule has 0 spiro atoms. The van der Waals surface area contributed by atoms with Gasteiger partial charge in [0, 0.05) is 43.5 Å². The molecular weight excluding hydrogens is 519 g/mol. The number of aromatic nitrogens is 1. The van der Waals surface area contributed by atoms with Crippen LogP contribution in [0.1, 0.15) is 16.1 Å². The molecule has 1 atom stereocenters. The van der Waals surface area contributed by atoms with Crippen LogP contribution in [-0.4, -0.2) is 79.8 Å². The van der Waals surface area contributed by atoms with E-state index in [4.69, 9.17) is 0 Å². The number of piperazine rings is 1. The van der Waals surface area contributed by atoms with Crippen molar-refractivity contribution in [1.82, 2.24) is 20.1 Å². The van der Waals surface area contributed by atoms with Crippen LogP contribution < -0.4 is 10.6 Å². The largest absolute Gasteiger partial charge is 0.465 e. The zero-order valence-electron chi connectivity index (χ0n) is 19.6. The molecule has 4 rings (SSSR count). The molecule has 0 bridgehead atoms. The molecule has 0 unspecified atom stereocenters. The molecule has 1 saturated heterocycles. The maximum absolute atomic E-state index is 13.4. The lowest BCUT2D eigenvalue weighted by Gasteiger charge is -2.35. The minimum absolute atomic E-state index is 0.0703. The first-order valence-electron chi connectivity index (χ1n) is 11.4. The van der Waals surface area contributed by atoms with E-state index in [2.05, 4.69) is 10.3 Å². The fraction of sp³-hybridized carbons (Fsp3) is 0.250. The molecule has 0 saturated carbocycles. The predicted molar refractivity (Wildman–Crippen MR) is 137 cm³/mol. The van der Waals surface area contributed by atoms with E-state index in [1.54, 1.807) is 5.38 Å². The van der Waals surface area contributed by atoms with Crippen LogP contribution in [-0.2, 0) is 15.8 Å². The van der Waals surface area contributed by atoms with Gasteiger partial charge in [0.05, 0.1) is 5.30 Å². The monoisotopic (exact) mass is 544 g/mol. The Kier molecular flexibility index (Phi) is 8.03. The van der Waals surface area contributed by atoms with Crippen molar-refractivity contribution in [2.75, 3.05) is 26.2 Å². The molecule has 2 aromatic carbocycles. The molecule has 1 aromatic heterocycles. The number of benzene rings is 2. The second-order valence-electron chi connectivity index (χ2n) is 8.44. The second kappa shape index (κ2) is 11.2. The molecule has 0 aliphatic carbocycles. The van der Waals surface area contributed by atoms with Crippen molar-refractivity contribution in [2.45, 2.75) is 12.5 Å². The highest BCUT2D eigenvalue weighted by molar-refractivity contribution is 7.60. The Morgan fingerprint density at radius 2 is 1.59 bits per heavy atom. The molecule has 1 aliphatic rings. The molecule has 3 aromatic rings. The SMILES string of the molecule is O=C(N[C@@H](Cc1ccc(P(=O)(O)O)cc1)C(=O)N1CCN(C(=O)O)CC1)c1csc(-c2ccccc2)n1. The summed E-state index contributed by atoms with van der Waals surface area (Å²) < 4.78 is 11.5. The quantitative estimate of drug-likeness (QED) is 0.328. The minimum atomic E-state index is -4.42. The number of rotatable bonds is 7. The van der Waals surface area contributed by atoms with Crippen molar-refractivity contribution in [3.05, 3.63) is 71.2 Å². The molecule has 1 fully saturated rings. The zero-order chi connectivity index (χ0) is 26.6. The first-order valence-corrected chi connectivity index (χ1v) is 13.8. The Hall–Kier alpha value is -3.57. The van der Waals surface area contributed by atoms with Gasteiger partial charge in [0.1, 0.15) is 16.7 Å². The van der Waals surface area contributed by atoms with Crippen LogP contribution in [0.4, 0.5) is 4.79 Å². The van der Waals surface area contributed by atoms with Crippen LogP contribution in [0.25, 0.3) is 10.6 Å². The summed E-state index contributed by atoms with van der Waals surface area (Å²) in [6.07, 6.45) is -0.985. The number of thiazole rings is 1. The highest BCUT2D eigenvalue weighted by Crippen LogP contribution is 2.33. The molecule has 13 heteroatoms. The van der Waals surface area contributed by atoms with Gasteiger partial charge in [-0.25, -0.2) is 9.78 Å². The summed E-state index contributed by atoms with van der Waals surface area (Å²) in [4.78, 5) is 63.5. The van der Waals surface area contributed by atoms with E-state index < -0.39 is 25.6 Å². The highest BCUT2D eigenvalue weighted by atomic mass is 32.1. The van der Waals surface area contributed by atoms with Gasteiger partial charge in [0.15, 0.2) is 0 Å². The summed E-state index contributed by atoms with van der Waals surface area (Å²) in [6.45, 7) is 0.684. The molecule has 0 radical (unpaired) electrons. The van der Waals surface area contributed by atoms with E-state index in [-0.39, 0.29) is 49.5 Å². The third-order valence-electron chi connectivity index (χ3n) is 5.94. The highest BCUT2D eigenvalue weighted by Gasteiger charge is 2.31. The van der Waals surface area contributed by atoms with Gasteiger partial charge in [-0.05, 0) is 17.7 Å². The van der Waals surface area contributed by atoms with Crippen LogP contribution in [0, 0.1) is 0 Å². The average molecular weight is 545 g/mol. The number of amides is 3. The van der Waals surface area contributed by atoms with Crippen LogP contribution >= 0.6 is 18.9 Å². The molecule has 194 valence electrons. The number of hydrogen-bond donors (Lipinski definition) is 4. The Bertz CT molecular complexity index is 1320. The molecule has 37 heavy (non-hydrogen) atoms. The summed E-state index contributed by atoms with van der Waals surface area (Å²) in [5.74, 6) is -0.913. The summed E-state index contributed by atoms with van der Waals surface area (Å²) in [6, 6.07) is 14.0. The van der Waals surface area contributed by atoms with Gasteiger partial charge in [0.2, 0.25) is 5.91 Å². The zero-order valence-corrected chi connectivity index (χ0v) is 21.3. The van der Waals surface area contributed by atoms with Gasteiger partial charge >= 0.3 is 13.7 Å². The number of carboxylic acid groups (broad SMARTS) is 1. The standard InChI is InChI=1S/C24H25N4O7PS/c29-21(20-15-37-22(26-20)17-4-2-1-3-5-17)25-19(14-16-6-8-18(9-7-16)36(33,34)35)23(30)27-10-12-28(13-11-27)24(31)32/h1-9,15,19H,10-14H2,(H,25,29)(H,31,32)(H2,33,34,35)/t19-/m0/s1. The van der Waals surface area contributed by atoms with Crippen molar-refractivity contribution < 1.29 is 33.8 Å². The second-order valence-corrected chi connectivity index (χ2v) is 10.9. The van der Waals surface area contributed by atoms with Crippen LogP contribution in [0.2, 0.25) is 0 Å². The predicted octanol–water partition coefficient (Wildman–Crippen LogP) is 1.78. The van der Waals surface area contributed by atoms with E-state index in [0.717, 1.165) is 5.56 Å². The van der Waals surface area contributed by atoms with Crippen LogP contribution in [0.3, 0.4) is 0 Å².